The molecule has 1 N–H and O–H groups in total. The molecule has 1 heterocycles. The lowest BCUT2D eigenvalue weighted by Crippen LogP contribution is -2.35. The number of nitrogens with one attached hydrogen (secondary N) is 1. The third-order valence-corrected chi connectivity index (χ3v) is 6.50. The number of sulfone groups is 1. The summed E-state index contributed by atoms with van der Waals surface area (Å²) in [4.78, 5) is 2.19. The number of halogens is 1. The van der Waals surface area contributed by atoms with Crippen LogP contribution in [0, 0.1) is 0 Å². The van der Waals surface area contributed by atoms with Gasteiger partial charge in [-0.1, -0.05) is 28.1 Å². The van der Waals surface area contributed by atoms with Crippen LogP contribution in [0.15, 0.2) is 28.7 Å². The van der Waals surface area contributed by atoms with E-state index in [1.807, 2.05) is 26.2 Å². The Morgan fingerprint density at radius 3 is 2.57 bits per heavy atom. The SMILES string of the molecule is CNC(CCN(C)C1CCS(=O)(=O)C1)c1ccc(Br)cc1. The van der Waals surface area contributed by atoms with Crippen molar-refractivity contribution in [3.05, 3.63) is 34.3 Å². The van der Waals surface area contributed by atoms with Gasteiger partial charge in [0.15, 0.2) is 9.84 Å². The lowest BCUT2D eigenvalue weighted by Gasteiger charge is -2.26. The predicted molar refractivity (Wildman–Crippen MR) is 90.2 cm³/mol. The van der Waals surface area contributed by atoms with Crippen LogP contribution in [0.1, 0.15) is 24.4 Å². The minimum absolute atomic E-state index is 0.178. The van der Waals surface area contributed by atoms with Crippen LogP contribution in [0.4, 0.5) is 0 Å². The zero-order chi connectivity index (χ0) is 15.5. The summed E-state index contributed by atoms with van der Waals surface area (Å²) in [5, 5.41) is 3.34. The summed E-state index contributed by atoms with van der Waals surface area (Å²) < 4.78 is 24.2. The summed E-state index contributed by atoms with van der Waals surface area (Å²) in [7, 11) is 1.19. The van der Waals surface area contributed by atoms with Gasteiger partial charge in [0.2, 0.25) is 0 Å². The smallest absolute Gasteiger partial charge is 0.151 e. The minimum Gasteiger partial charge on any atom is -0.313 e. The fourth-order valence-corrected chi connectivity index (χ4v) is 4.88. The van der Waals surface area contributed by atoms with E-state index >= 15 is 0 Å². The van der Waals surface area contributed by atoms with Crippen LogP contribution in [0.25, 0.3) is 0 Å². The monoisotopic (exact) mass is 374 g/mol. The first-order valence-corrected chi connectivity index (χ1v) is 9.86. The average Bonchev–Trinajstić information content (AvgIpc) is 2.81. The van der Waals surface area contributed by atoms with E-state index < -0.39 is 9.84 Å². The molecule has 6 heteroatoms. The van der Waals surface area contributed by atoms with Gasteiger partial charge in [0.1, 0.15) is 0 Å². The molecular weight excluding hydrogens is 352 g/mol. The maximum Gasteiger partial charge on any atom is 0.151 e. The topological polar surface area (TPSA) is 49.4 Å². The molecule has 1 saturated heterocycles. The largest absolute Gasteiger partial charge is 0.313 e. The molecule has 118 valence electrons. The van der Waals surface area contributed by atoms with Gasteiger partial charge in [0.05, 0.1) is 11.5 Å². The van der Waals surface area contributed by atoms with E-state index in [-0.39, 0.29) is 6.04 Å². The Bertz CT molecular complexity index is 560. The fourth-order valence-electron chi connectivity index (χ4n) is 2.81. The molecule has 1 aromatic rings. The number of benzene rings is 1. The van der Waals surface area contributed by atoms with Crippen molar-refractivity contribution >= 4 is 25.8 Å². The Balaban J connectivity index is 1.90. The standard InChI is InChI=1S/C15H23BrN2O2S/c1-17-15(12-3-5-13(16)6-4-12)7-9-18(2)14-8-10-21(19,20)11-14/h3-6,14-15,17H,7-11H2,1-2H3. The van der Waals surface area contributed by atoms with Gasteiger partial charge in [-0.05, 0) is 51.2 Å². The Hall–Kier alpha value is -0.430. The lowest BCUT2D eigenvalue weighted by atomic mass is 10.0. The van der Waals surface area contributed by atoms with Crippen molar-refractivity contribution in [1.29, 1.82) is 0 Å². The van der Waals surface area contributed by atoms with Gasteiger partial charge < -0.3 is 10.2 Å². The normalized spacial score (nSPS) is 22.6. The summed E-state index contributed by atoms with van der Waals surface area (Å²) in [6, 6.07) is 8.80. The molecule has 21 heavy (non-hydrogen) atoms. The first kappa shape index (κ1) is 16.9. The zero-order valence-corrected chi connectivity index (χ0v) is 15.0. The summed E-state index contributed by atoms with van der Waals surface area (Å²) in [6.45, 7) is 0.891. The number of hydrogen-bond donors (Lipinski definition) is 1. The third kappa shape index (κ3) is 4.77. The molecule has 1 fully saturated rings. The predicted octanol–water partition coefficient (Wildman–Crippen LogP) is 2.22. The molecule has 2 unspecified atom stereocenters. The highest BCUT2D eigenvalue weighted by molar-refractivity contribution is 9.10. The number of hydrogen-bond acceptors (Lipinski definition) is 4. The average molecular weight is 375 g/mol. The van der Waals surface area contributed by atoms with Crippen LogP contribution < -0.4 is 5.32 Å². The van der Waals surface area contributed by atoms with Gasteiger partial charge in [-0.15, -0.1) is 0 Å². The highest BCUT2D eigenvalue weighted by atomic mass is 79.9. The van der Waals surface area contributed by atoms with E-state index in [2.05, 4.69) is 38.3 Å². The maximum atomic E-state index is 11.5. The van der Waals surface area contributed by atoms with Crippen LogP contribution in [0.2, 0.25) is 0 Å². The Morgan fingerprint density at radius 2 is 2.05 bits per heavy atom. The summed E-state index contributed by atoms with van der Waals surface area (Å²) in [6.07, 6.45) is 1.73. The molecule has 0 aromatic heterocycles. The molecule has 0 bridgehead atoms. The second-order valence-corrected chi connectivity index (χ2v) is 8.86. The molecule has 4 nitrogen and oxygen atoms in total. The molecule has 0 spiro atoms. The Kier molecular flexibility index (Phi) is 5.82. The van der Waals surface area contributed by atoms with E-state index in [4.69, 9.17) is 0 Å². The van der Waals surface area contributed by atoms with E-state index in [1.54, 1.807) is 0 Å². The van der Waals surface area contributed by atoms with Crippen LogP contribution in [0.3, 0.4) is 0 Å². The molecule has 1 aromatic carbocycles. The highest BCUT2D eigenvalue weighted by Crippen LogP contribution is 2.21. The van der Waals surface area contributed by atoms with E-state index in [0.29, 0.717) is 17.5 Å². The molecule has 0 amide bonds. The van der Waals surface area contributed by atoms with Crippen molar-refractivity contribution < 1.29 is 8.42 Å². The molecule has 2 atom stereocenters. The molecule has 0 saturated carbocycles. The van der Waals surface area contributed by atoms with Crippen LogP contribution >= 0.6 is 15.9 Å². The van der Waals surface area contributed by atoms with Crippen molar-refractivity contribution in [2.24, 2.45) is 0 Å². The zero-order valence-electron chi connectivity index (χ0n) is 12.5. The van der Waals surface area contributed by atoms with Crippen LogP contribution in [0.5, 0.6) is 0 Å². The first-order valence-electron chi connectivity index (χ1n) is 7.24. The summed E-state index contributed by atoms with van der Waals surface area (Å²) in [5.41, 5.74) is 1.26. The van der Waals surface area contributed by atoms with Gasteiger partial charge in [-0.2, -0.15) is 0 Å². The van der Waals surface area contributed by atoms with Crippen molar-refractivity contribution in [2.45, 2.75) is 24.9 Å². The molecule has 1 aliphatic rings. The van der Waals surface area contributed by atoms with E-state index in [9.17, 15) is 8.42 Å². The second kappa shape index (κ2) is 7.22. The van der Waals surface area contributed by atoms with Gasteiger partial charge in [0, 0.05) is 16.6 Å². The Labute approximate surface area is 136 Å². The lowest BCUT2D eigenvalue weighted by molar-refractivity contribution is 0.248. The third-order valence-electron chi connectivity index (χ3n) is 4.22. The van der Waals surface area contributed by atoms with Crippen molar-refractivity contribution in [2.75, 3.05) is 32.1 Å². The maximum absolute atomic E-state index is 11.5. The minimum atomic E-state index is -2.80. The fraction of sp³-hybridized carbons (Fsp3) is 0.600. The van der Waals surface area contributed by atoms with Gasteiger partial charge in [0.25, 0.3) is 0 Å². The quantitative estimate of drug-likeness (QED) is 0.829. The molecule has 1 aliphatic heterocycles. The van der Waals surface area contributed by atoms with Gasteiger partial charge >= 0.3 is 0 Å². The Morgan fingerprint density at radius 1 is 1.38 bits per heavy atom. The van der Waals surface area contributed by atoms with Crippen LogP contribution in [-0.4, -0.2) is 51.5 Å². The first-order chi connectivity index (χ1) is 9.91. The molecule has 0 radical (unpaired) electrons. The molecule has 0 aliphatic carbocycles. The van der Waals surface area contributed by atoms with Crippen molar-refractivity contribution in [3.63, 3.8) is 0 Å². The molecule has 2 rings (SSSR count). The number of rotatable bonds is 6. The number of nitrogens with zero attached hydrogens (tertiary/aromatic N) is 1. The van der Waals surface area contributed by atoms with E-state index in [0.717, 1.165) is 23.9 Å². The van der Waals surface area contributed by atoms with Crippen molar-refractivity contribution in [1.82, 2.24) is 10.2 Å². The van der Waals surface area contributed by atoms with Crippen molar-refractivity contribution in [3.8, 4) is 0 Å². The summed E-state index contributed by atoms with van der Waals surface area (Å²) >= 11 is 3.45. The van der Waals surface area contributed by atoms with E-state index in [1.165, 1.54) is 5.56 Å². The van der Waals surface area contributed by atoms with Crippen LogP contribution in [-0.2, 0) is 9.84 Å². The van der Waals surface area contributed by atoms with Gasteiger partial charge in [-0.25, -0.2) is 8.42 Å². The van der Waals surface area contributed by atoms with Gasteiger partial charge in [-0.3, -0.25) is 0 Å². The summed E-state index contributed by atoms with van der Waals surface area (Å²) in [5.74, 6) is 0.649. The molecular formula is C15H23BrN2O2S. The second-order valence-electron chi connectivity index (χ2n) is 5.72. The highest BCUT2D eigenvalue weighted by Gasteiger charge is 2.30.